The predicted molar refractivity (Wildman–Crippen MR) is 133 cm³/mol. The van der Waals surface area contributed by atoms with E-state index in [9.17, 15) is 18.3 Å². The Kier molecular flexibility index (Phi) is 7.33. The van der Waals surface area contributed by atoms with Gasteiger partial charge in [0, 0.05) is 20.6 Å². The Labute approximate surface area is 205 Å². The van der Waals surface area contributed by atoms with Crippen LogP contribution >= 0.6 is 23.1 Å². The Morgan fingerprint density at radius 3 is 2.32 bits per heavy atom. The van der Waals surface area contributed by atoms with E-state index in [4.69, 9.17) is 4.98 Å². The summed E-state index contributed by atoms with van der Waals surface area (Å²) in [6.45, 7) is 3.83. The molecular formula is C27H24F3NOS2. The van der Waals surface area contributed by atoms with Crippen molar-refractivity contribution in [2.45, 2.75) is 43.0 Å². The Morgan fingerprint density at radius 2 is 1.68 bits per heavy atom. The third-order valence-corrected chi connectivity index (χ3v) is 8.32. The van der Waals surface area contributed by atoms with Gasteiger partial charge >= 0.3 is 6.18 Å². The summed E-state index contributed by atoms with van der Waals surface area (Å²) in [5.74, 6) is 0.267. The van der Waals surface area contributed by atoms with Crippen LogP contribution in [-0.2, 0) is 12.6 Å². The number of thiazole rings is 1. The first-order chi connectivity index (χ1) is 16.2. The van der Waals surface area contributed by atoms with Gasteiger partial charge in [0.25, 0.3) is 0 Å². The number of halogens is 3. The van der Waals surface area contributed by atoms with E-state index in [1.54, 1.807) is 17.8 Å². The molecule has 3 aromatic carbocycles. The van der Waals surface area contributed by atoms with Crippen LogP contribution in [0.25, 0.3) is 10.6 Å². The van der Waals surface area contributed by atoms with E-state index in [1.165, 1.54) is 29.0 Å². The zero-order chi connectivity index (χ0) is 24.3. The molecular weight excluding hydrogens is 475 g/mol. The van der Waals surface area contributed by atoms with Gasteiger partial charge in [0.1, 0.15) is 10.8 Å². The fourth-order valence-electron chi connectivity index (χ4n) is 3.68. The molecule has 4 aromatic rings. The number of benzene rings is 3. The van der Waals surface area contributed by atoms with E-state index in [2.05, 4.69) is 12.1 Å². The lowest BCUT2D eigenvalue weighted by Gasteiger charge is -2.17. The van der Waals surface area contributed by atoms with Gasteiger partial charge in [-0.2, -0.15) is 13.2 Å². The van der Waals surface area contributed by atoms with Crippen molar-refractivity contribution >= 4 is 23.1 Å². The molecule has 0 aliphatic heterocycles. The number of nitrogens with zero attached hydrogens (tertiary/aromatic N) is 1. The number of aromatic nitrogens is 1. The van der Waals surface area contributed by atoms with Crippen molar-refractivity contribution in [3.8, 4) is 16.3 Å². The van der Waals surface area contributed by atoms with Crippen molar-refractivity contribution in [3.05, 3.63) is 100 Å². The van der Waals surface area contributed by atoms with Crippen molar-refractivity contribution in [3.63, 3.8) is 0 Å². The largest absolute Gasteiger partial charge is 0.508 e. The molecule has 0 aliphatic rings. The van der Waals surface area contributed by atoms with Gasteiger partial charge in [0.05, 0.1) is 11.3 Å². The SMILES string of the molecule is Cc1cc(SC(CCc2ccccc2)c2sc(-c3ccc(C(F)(F)F)cc3)nc2C)ccc1O. The van der Waals surface area contributed by atoms with Crippen LogP contribution in [0.5, 0.6) is 5.75 Å². The summed E-state index contributed by atoms with van der Waals surface area (Å²) < 4.78 is 38.8. The quantitative estimate of drug-likeness (QED) is 0.258. The van der Waals surface area contributed by atoms with Gasteiger partial charge in [-0.3, -0.25) is 0 Å². The minimum atomic E-state index is -4.36. The fourth-order valence-corrected chi connectivity index (χ4v) is 6.29. The minimum Gasteiger partial charge on any atom is -0.508 e. The molecule has 0 aliphatic carbocycles. The Bertz CT molecular complexity index is 1250. The summed E-state index contributed by atoms with van der Waals surface area (Å²) in [5, 5.41) is 10.7. The maximum Gasteiger partial charge on any atom is 0.416 e. The fraction of sp³-hybridized carbons (Fsp3) is 0.222. The second-order valence-corrected chi connectivity index (χ2v) is 10.4. The molecule has 0 radical (unpaired) electrons. The van der Waals surface area contributed by atoms with Crippen molar-refractivity contribution in [1.29, 1.82) is 0 Å². The highest BCUT2D eigenvalue weighted by Crippen LogP contribution is 2.45. The lowest BCUT2D eigenvalue weighted by atomic mass is 10.1. The van der Waals surface area contributed by atoms with E-state index < -0.39 is 11.7 Å². The highest BCUT2D eigenvalue weighted by atomic mass is 32.2. The van der Waals surface area contributed by atoms with Crippen molar-refractivity contribution < 1.29 is 18.3 Å². The van der Waals surface area contributed by atoms with E-state index >= 15 is 0 Å². The van der Waals surface area contributed by atoms with E-state index in [1.807, 2.05) is 44.2 Å². The first-order valence-corrected chi connectivity index (χ1v) is 12.6. The van der Waals surface area contributed by atoms with Crippen LogP contribution < -0.4 is 0 Å². The van der Waals surface area contributed by atoms with Crippen molar-refractivity contribution in [2.75, 3.05) is 0 Å². The smallest absolute Gasteiger partial charge is 0.416 e. The summed E-state index contributed by atoms with van der Waals surface area (Å²) in [6.07, 6.45) is -2.59. The summed E-state index contributed by atoms with van der Waals surface area (Å²) in [5.41, 5.74) is 2.97. The van der Waals surface area contributed by atoms with Gasteiger partial charge in [-0.1, -0.05) is 42.5 Å². The zero-order valence-corrected chi connectivity index (χ0v) is 20.4. The van der Waals surface area contributed by atoms with E-state index in [0.29, 0.717) is 10.6 Å². The molecule has 0 spiro atoms. The number of rotatable bonds is 7. The predicted octanol–water partition coefficient (Wildman–Crippen LogP) is 8.62. The molecule has 1 unspecified atom stereocenters. The maximum absolute atomic E-state index is 12.9. The molecule has 34 heavy (non-hydrogen) atoms. The molecule has 0 saturated carbocycles. The first kappa shape index (κ1) is 24.4. The van der Waals surface area contributed by atoms with Crippen molar-refractivity contribution in [1.82, 2.24) is 4.98 Å². The van der Waals surface area contributed by atoms with Gasteiger partial charge in [0.15, 0.2) is 0 Å². The van der Waals surface area contributed by atoms with Crippen LogP contribution in [0.1, 0.15) is 38.9 Å². The lowest BCUT2D eigenvalue weighted by Crippen LogP contribution is -2.03. The molecule has 0 fully saturated rings. The summed E-state index contributed by atoms with van der Waals surface area (Å²) in [7, 11) is 0. The summed E-state index contributed by atoms with van der Waals surface area (Å²) in [4.78, 5) is 6.87. The zero-order valence-electron chi connectivity index (χ0n) is 18.8. The number of phenols is 1. The van der Waals surface area contributed by atoms with E-state index in [-0.39, 0.29) is 11.0 Å². The first-order valence-electron chi connectivity index (χ1n) is 10.9. The molecule has 4 rings (SSSR count). The average molecular weight is 500 g/mol. The molecule has 0 saturated heterocycles. The third kappa shape index (κ3) is 5.83. The molecule has 1 atom stereocenters. The molecule has 7 heteroatoms. The molecule has 1 aromatic heterocycles. The van der Waals surface area contributed by atoms with Gasteiger partial charge in [-0.05, 0) is 68.1 Å². The molecule has 0 amide bonds. The number of phenolic OH excluding ortho intramolecular Hbond substituents is 1. The molecule has 176 valence electrons. The van der Waals surface area contributed by atoms with Gasteiger partial charge < -0.3 is 5.11 Å². The topological polar surface area (TPSA) is 33.1 Å². The lowest BCUT2D eigenvalue weighted by molar-refractivity contribution is -0.137. The second-order valence-electron chi connectivity index (χ2n) is 8.12. The maximum atomic E-state index is 12.9. The van der Waals surface area contributed by atoms with Crippen LogP contribution in [0.15, 0.2) is 77.7 Å². The minimum absolute atomic E-state index is 0.116. The van der Waals surface area contributed by atoms with Gasteiger partial charge in [-0.15, -0.1) is 23.1 Å². The normalized spacial score (nSPS) is 12.6. The Hall–Kier alpha value is -2.77. The van der Waals surface area contributed by atoms with Crippen LogP contribution in [0.3, 0.4) is 0 Å². The number of hydrogen-bond acceptors (Lipinski definition) is 4. The van der Waals surface area contributed by atoms with Gasteiger partial charge in [-0.25, -0.2) is 4.98 Å². The Morgan fingerprint density at radius 1 is 0.971 bits per heavy atom. The van der Waals surface area contributed by atoms with E-state index in [0.717, 1.165) is 46.0 Å². The monoisotopic (exact) mass is 499 g/mol. The number of thioether (sulfide) groups is 1. The highest BCUT2D eigenvalue weighted by Gasteiger charge is 2.30. The summed E-state index contributed by atoms with van der Waals surface area (Å²) in [6, 6.07) is 21.1. The molecule has 0 bridgehead atoms. The molecule has 1 heterocycles. The van der Waals surface area contributed by atoms with Gasteiger partial charge in [0.2, 0.25) is 0 Å². The third-order valence-electron chi connectivity index (χ3n) is 5.57. The Balaban J connectivity index is 1.63. The number of aromatic hydroxyl groups is 1. The highest BCUT2D eigenvalue weighted by molar-refractivity contribution is 7.99. The van der Waals surface area contributed by atoms with Crippen LogP contribution in [-0.4, -0.2) is 10.1 Å². The van der Waals surface area contributed by atoms with Crippen LogP contribution in [0.2, 0.25) is 0 Å². The van der Waals surface area contributed by atoms with Crippen molar-refractivity contribution in [2.24, 2.45) is 0 Å². The summed E-state index contributed by atoms with van der Waals surface area (Å²) >= 11 is 3.26. The number of aryl methyl sites for hydroxylation is 3. The average Bonchev–Trinajstić information content (AvgIpc) is 3.20. The second kappa shape index (κ2) is 10.2. The van der Waals surface area contributed by atoms with Crippen LogP contribution in [0.4, 0.5) is 13.2 Å². The number of alkyl halides is 3. The standard InChI is InChI=1S/C27H24F3NOS2/c1-17-16-22(13-14-23(17)32)33-24(15-8-19-6-4-3-5-7-19)25-18(2)31-26(34-25)20-9-11-21(12-10-20)27(28,29)30/h3-7,9-14,16,24,32H,8,15H2,1-2H3. The molecule has 2 nitrogen and oxygen atoms in total. The molecule has 1 N–H and O–H groups in total. The number of hydrogen-bond donors (Lipinski definition) is 1. The van der Waals surface area contributed by atoms with Crippen LogP contribution in [0, 0.1) is 13.8 Å².